The summed E-state index contributed by atoms with van der Waals surface area (Å²) < 4.78 is 44.0. The van der Waals surface area contributed by atoms with Crippen LogP contribution in [0.2, 0.25) is 0 Å². The topological polar surface area (TPSA) is 85.4 Å². The average Bonchev–Trinajstić information content (AvgIpc) is 2.93. The second-order valence-corrected chi connectivity index (χ2v) is 11.3. The minimum atomic E-state index is -3.53. The highest BCUT2D eigenvalue weighted by Gasteiger charge is 2.28. The van der Waals surface area contributed by atoms with Crippen LogP contribution in [0.1, 0.15) is 22.3 Å². The zero-order valence-electron chi connectivity index (χ0n) is 22.1. The van der Waals surface area contributed by atoms with Gasteiger partial charge in [0.05, 0.1) is 25.5 Å². The Labute approximate surface area is 224 Å². The second kappa shape index (κ2) is 12.4. The van der Waals surface area contributed by atoms with Gasteiger partial charge < -0.3 is 14.2 Å². The molecule has 1 aliphatic rings. The third-order valence-electron chi connectivity index (χ3n) is 6.64. The van der Waals surface area contributed by atoms with Gasteiger partial charge in [-0.3, -0.25) is 9.69 Å². The van der Waals surface area contributed by atoms with E-state index in [0.717, 1.165) is 33.8 Å². The molecule has 0 bridgehead atoms. The van der Waals surface area contributed by atoms with Crippen LogP contribution in [0.5, 0.6) is 11.5 Å². The molecule has 1 saturated heterocycles. The smallest absolute Gasteiger partial charge is 0.309 e. The Morgan fingerprint density at radius 2 is 1.53 bits per heavy atom. The maximum atomic E-state index is 13.1. The fraction of sp³-hybridized carbons (Fsp3) is 0.345. The normalized spacial score (nSPS) is 14.7. The van der Waals surface area contributed by atoms with Crippen molar-refractivity contribution >= 4 is 16.0 Å². The van der Waals surface area contributed by atoms with E-state index >= 15 is 0 Å². The van der Waals surface area contributed by atoms with Gasteiger partial charge in [-0.2, -0.15) is 4.31 Å². The summed E-state index contributed by atoms with van der Waals surface area (Å²) in [7, 11) is -0.524. The lowest BCUT2D eigenvalue weighted by molar-refractivity contribution is -0.139. The number of aryl methyl sites for hydroxylation is 1. The highest BCUT2D eigenvalue weighted by atomic mass is 32.2. The van der Waals surface area contributed by atoms with E-state index in [2.05, 4.69) is 4.90 Å². The number of piperazine rings is 1. The Balaban J connectivity index is 1.45. The van der Waals surface area contributed by atoms with Crippen LogP contribution in [0.25, 0.3) is 0 Å². The lowest BCUT2D eigenvalue weighted by Gasteiger charge is -2.34. The molecule has 0 N–H and O–H groups in total. The van der Waals surface area contributed by atoms with E-state index in [4.69, 9.17) is 14.2 Å². The average molecular weight is 539 g/mol. The first-order valence-corrected chi connectivity index (χ1v) is 14.0. The van der Waals surface area contributed by atoms with Gasteiger partial charge in [0, 0.05) is 38.3 Å². The molecular weight excluding hydrogens is 504 g/mol. The molecule has 0 atom stereocenters. The molecule has 4 rings (SSSR count). The van der Waals surface area contributed by atoms with Gasteiger partial charge in [0.2, 0.25) is 10.0 Å². The quantitative estimate of drug-likeness (QED) is 0.363. The van der Waals surface area contributed by atoms with Crippen LogP contribution < -0.4 is 9.47 Å². The van der Waals surface area contributed by atoms with Crippen molar-refractivity contribution in [1.29, 1.82) is 0 Å². The van der Waals surface area contributed by atoms with Crippen molar-refractivity contribution in [3.05, 3.63) is 89.0 Å². The Hall–Kier alpha value is -3.40. The zero-order chi connectivity index (χ0) is 27.1. The highest BCUT2D eigenvalue weighted by Crippen LogP contribution is 2.26. The van der Waals surface area contributed by atoms with Crippen LogP contribution in [-0.2, 0) is 39.1 Å². The van der Waals surface area contributed by atoms with E-state index in [1.165, 1.54) is 7.11 Å². The third kappa shape index (κ3) is 6.92. The van der Waals surface area contributed by atoms with Crippen LogP contribution in [0.3, 0.4) is 0 Å². The van der Waals surface area contributed by atoms with Crippen LogP contribution in [0.4, 0.5) is 0 Å². The number of nitrogens with zero attached hydrogens (tertiary/aromatic N) is 2. The highest BCUT2D eigenvalue weighted by molar-refractivity contribution is 7.89. The number of benzene rings is 3. The molecule has 0 unspecified atom stereocenters. The van der Waals surface area contributed by atoms with Crippen LogP contribution in [0, 0.1) is 6.92 Å². The van der Waals surface area contributed by atoms with Crippen molar-refractivity contribution in [2.45, 2.75) is 31.4 Å². The molecule has 3 aromatic rings. The number of sulfonamides is 1. The van der Waals surface area contributed by atoms with Gasteiger partial charge in [0.25, 0.3) is 0 Å². The molecule has 8 nitrogen and oxygen atoms in total. The Morgan fingerprint density at radius 1 is 0.868 bits per heavy atom. The first-order valence-electron chi connectivity index (χ1n) is 12.5. The minimum Gasteiger partial charge on any atom is -0.497 e. The van der Waals surface area contributed by atoms with Gasteiger partial charge in [-0.05, 0) is 48.4 Å². The third-order valence-corrected chi connectivity index (χ3v) is 8.55. The number of hydrogen-bond donors (Lipinski definition) is 0. The first-order chi connectivity index (χ1) is 18.3. The Kier molecular flexibility index (Phi) is 9.04. The van der Waals surface area contributed by atoms with Gasteiger partial charge in [0.1, 0.15) is 18.1 Å². The number of hydrogen-bond acceptors (Lipinski definition) is 7. The summed E-state index contributed by atoms with van der Waals surface area (Å²) in [6.45, 7) is 4.88. The number of methoxy groups -OCH3 is 2. The van der Waals surface area contributed by atoms with Gasteiger partial charge in [-0.15, -0.1) is 0 Å². The van der Waals surface area contributed by atoms with Crippen molar-refractivity contribution in [1.82, 2.24) is 9.21 Å². The van der Waals surface area contributed by atoms with Crippen molar-refractivity contribution in [3.8, 4) is 11.5 Å². The predicted molar refractivity (Wildman–Crippen MR) is 145 cm³/mol. The molecule has 0 radical (unpaired) electrons. The molecule has 202 valence electrons. The van der Waals surface area contributed by atoms with Crippen molar-refractivity contribution in [2.24, 2.45) is 0 Å². The lowest BCUT2D eigenvalue weighted by Crippen LogP contribution is -2.48. The van der Waals surface area contributed by atoms with Gasteiger partial charge in [-0.25, -0.2) is 8.42 Å². The van der Waals surface area contributed by atoms with E-state index in [1.807, 2.05) is 61.5 Å². The van der Waals surface area contributed by atoms with E-state index < -0.39 is 10.0 Å². The molecule has 0 amide bonds. The number of rotatable bonds is 10. The molecule has 0 saturated carbocycles. The van der Waals surface area contributed by atoms with E-state index in [0.29, 0.717) is 44.2 Å². The number of carbonyl (C=O) groups excluding carboxylic acids is 1. The fourth-order valence-electron chi connectivity index (χ4n) is 4.36. The molecule has 3 aromatic carbocycles. The summed E-state index contributed by atoms with van der Waals surface area (Å²) in [5.41, 5.74) is 3.80. The van der Waals surface area contributed by atoms with Crippen molar-refractivity contribution < 1.29 is 27.4 Å². The first kappa shape index (κ1) is 27.6. The monoisotopic (exact) mass is 538 g/mol. The molecule has 0 aliphatic carbocycles. The number of carbonyl (C=O) groups is 1. The maximum Gasteiger partial charge on any atom is 0.309 e. The SMILES string of the molecule is COC(=O)Cc1ccc(OCc2ccc(OC)cc2)c(CN2CCN(S(=O)(=O)c3ccc(C)cc3)CC2)c1. The Morgan fingerprint density at radius 3 is 2.16 bits per heavy atom. The molecule has 0 aromatic heterocycles. The molecule has 1 fully saturated rings. The summed E-state index contributed by atoms with van der Waals surface area (Å²) in [6, 6.07) is 20.4. The van der Waals surface area contributed by atoms with E-state index in [-0.39, 0.29) is 12.4 Å². The van der Waals surface area contributed by atoms with Crippen molar-refractivity contribution in [3.63, 3.8) is 0 Å². The van der Waals surface area contributed by atoms with Gasteiger partial charge in [-0.1, -0.05) is 42.0 Å². The molecular formula is C29H34N2O6S. The fourth-order valence-corrected chi connectivity index (χ4v) is 5.78. The predicted octanol–water partition coefficient (Wildman–Crippen LogP) is 3.80. The van der Waals surface area contributed by atoms with Gasteiger partial charge in [0.15, 0.2) is 0 Å². The van der Waals surface area contributed by atoms with E-state index in [1.54, 1.807) is 23.5 Å². The lowest BCUT2D eigenvalue weighted by atomic mass is 10.1. The van der Waals surface area contributed by atoms with Crippen LogP contribution in [-0.4, -0.2) is 64.0 Å². The molecule has 38 heavy (non-hydrogen) atoms. The Bertz CT molecular complexity index is 1330. The summed E-state index contributed by atoms with van der Waals surface area (Å²) >= 11 is 0. The van der Waals surface area contributed by atoms with E-state index in [9.17, 15) is 13.2 Å². The largest absolute Gasteiger partial charge is 0.497 e. The second-order valence-electron chi connectivity index (χ2n) is 9.33. The maximum absolute atomic E-state index is 13.1. The summed E-state index contributed by atoms with van der Waals surface area (Å²) in [6.07, 6.45) is 0.171. The standard InChI is InChI=1S/C29H34N2O6S/c1-22-4-11-27(12-5-22)38(33,34)31-16-14-30(15-17-31)20-25-18-24(19-29(32)36-3)8-13-28(25)37-21-23-6-9-26(35-2)10-7-23/h4-13,18H,14-17,19-21H2,1-3H3. The molecule has 1 heterocycles. The number of esters is 1. The molecule has 0 spiro atoms. The number of ether oxygens (including phenoxy) is 3. The minimum absolute atomic E-state index is 0.171. The molecule has 1 aliphatic heterocycles. The summed E-state index contributed by atoms with van der Waals surface area (Å²) in [5, 5.41) is 0. The summed E-state index contributed by atoms with van der Waals surface area (Å²) in [4.78, 5) is 14.4. The van der Waals surface area contributed by atoms with Crippen LogP contribution in [0.15, 0.2) is 71.6 Å². The van der Waals surface area contributed by atoms with Gasteiger partial charge >= 0.3 is 5.97 Å². The molecule has 9 heteroatoms. The van der Waals surface area contributed by atoms with Crippen molar-refractivity contribution in [2.75, 3.05) is 40.4 Å². The summed E-state index contributed by atoms with van der Waals surface area (Å²) in [5.74, 6) is 1.20. The van der Waals surface area contributed by atoms with Crippen LogP contribution >= 0.6 is 0 Å². The zero-order valence-corrected chi connectivity index (χ0v) is 22.9.